The van der Waals surface area contributed by atoms with Gasteiger partial charge in [0.15, 0.2) is 0 Å². The zero-order valence-corrected chi connectivity index (χ0v) is 18.2. The van der Waals surface area contributed by atoms with E-state index in [0.29, 0.717) is 5.92 Å². The summed E-state index contributed by atoms with van der Waals surface area (Å²) in [6.45, 7) is 6.86. The van der Waals surface area contributed by atoms with Crippen LogP contribution < -0.4 is 10.4 Å². The highest BCUT2D eigenvalue weighted by atomic mass is 28.3. The van der Waals surface area contributed by atoms with E-state index in [1.807, 2.05) is 0 Å². The van der Waals surface area contributed by atoms with Gasteiger partial charge in [0, 0.05) is 0 Å². The highest BCUT2D eigenvalue weighted by Gasteiger charge is 2.30. The van der Waals surface area contributed by atoms with Crippen LogP contribution in [0.4, 0.5) is 0 Å². The Kier molecular flexibility index (Phi) is 5.45. The van der Waals surface area contributed by atoms with E-state index in [4.69, 9.17) is 0 Å². The maximum Gasteiger partial charge on any atom is 0.132 e. The molecule has 0 atom stereocenters. The van der Waals surface area contributed by atoms with Crippen LogP contribution in [0.2, 0.25) is 0 Å². The van der Waals surface area contributed by atoms with Crippen molar-refractivity contribution in [2.45, 2.75) is 27.2 Å². The quantitative estimate of drug-likeness (QED) is 0.526. The number of allylic oxidation sites excluding steroid dienone is 4. The molecule has 0 spiro atoms. The van der Waals surface area contributed by atoms with E-state index in [9.17, 15) is 0 Å². The van der Waals surface area contributed by atoms with E-state index in [2.05, 4.69) is 112 Å². The van der Waals surface area contributed by atoms with Crippen LogP contribution in [0.25, 0.3) is 5.57 Å². The molecule has 1 aliphatic carbocycles. The first kappa shape index (κ1) is 18.7. The standard InChI is InChI=1S/C27H28Si/c1-20(2)27-25(22-16-14-21(3)15-17-22)18-19-26(27)28(23-10-6-4-7-11-23)24-12-8-5-9-13-24/h4-17,19-20,28H,18H2,1-3H3. The molecule has 0 bridgehead atoms. The van der Waals surface area contributed by atoms with E-state index < -0.39 is 8.80 Å². The van der Waals surface area contributed by atoms with Gasteiger partial charge in [-0.25, -0.2) is 0 Å². The van der Waals surface area contributed by atoms with Crippen LogP contribution in [-0.4, -0.2) is 8.80 Å². The maximum absolute atomic E-state index is 2.53. The van der Waals surface area contributed by atoms with Gasteiger partial charge < -0.3 is 0 Å². The van der Waals surface area contributed by atoms with Crippen LogP contribution in [-0.2, 0) is 0 Å². The molecule has 3 aromatic carbocycles. The minimum Gasteiger partial charge on any atom is -0.0801 e. The molecule has 4 rings (SSSR count). The van der Waals surface area contributed by atoms with Gasteiger partial charge in [-0.1, -0.05) is 126 Å². The second-order valence-electron chi connectivity index (χ2n) is 8.03. The van der Waals surface area contributed by atoms with Gasteiger partial charge in [-0.2, -0.15) is 0 Å². The summed E-state index contributed by atoms with van der Waals surface area (Å²) in [6, 6.07) is 31.4. The highest BCUT2D eigenvalue weighted by Crippen LogP contribution is 2.39. The minimum absolute atomic E-state index is 0.521. The lowest BCUT2D eigenvalue weighted by atomic mass is 9.94. The molecular formula is C27H28Si. The molecule has 0 aromatic heterocycles. The summed E-state index contributed by atoms with van der Waals surface area (Å²) < 4.78 is 0. The summed E-state index contributed by atoms with van der Waals surface area (Å²) in [6.07, 6.45) is 3.58. The van der Waals surface area contributed by atoms with Crippen molar-refractivity contribution in [1.82, 2.24) is 0 Å². The van der Waals surface area contributed by atoms with Gasteiger partial charge in [-0.15, -0.1) is 0 Å². The topological polar surface area (TPSA) is 0 Å². The summed E-state index contributed by atoms with van der Waals surface area (Å²) in [7, 11) is -1.49. The third-order valence-electron chi connectivity index (χ3n) is 5.72. The zero-order chi connectivity index (χ0) is 19.5. The van der Waals surface area contributed by atoms with E-state index >= 15 is 0 Å². The smallest absolute Gasteiger partial charge is 0.0801 e. The summed E-state index contributed by atoms with van der Waals surface area (Å²) in [5.74, 6) is 0.521. The van der Waals surface area contributed by atoms with Crippen LogP contribution in [0.3, 0.4) is 0 Å². The molecule has 0 amide bonds. The molecule has 0 saturated heterocycles. The fraction of sp³-hybridized carbons (Fsp3) is 0.185. The Morgan fingerprint density at radius 3 is 1.75 bits per heavy atom. The summed E-state index contributed by atoms with van der Waals surface area (Å²) in [4.78, 5) is 0. The normalized spacial score (nSPS) is 14.1. The van der Waals surface area contributed by atoms with E-state index in [-0.39, 0.29) is 0 Å². The lowest BCUT2D eigenvalue weighted by molar-refractivity contribution is 0.792. The summed E-state index contributed by atoms with van der Waals surface area (Å²) >= 11 is 0. The SMILES string of the molecule is Cc1ccc(C2=C(C(C)C)C([SiH](c3ccccc3)c3ccccc3)=CC2)cc1. The Bertz CT molecular complexity index is 954. The number of rotatable bonds is 5. The Morgan fingerprint density at radius 1 is 0.714 bits per heavy atom. The van der Waals surface area contributed by atoms with Crippen molar-refractivity contribution < 1.29 is 0 Å². The van der Waals surface area contributed by atoms with E-state index in [1.165, 1.54) is 27.1 Å². The number of hydrogen-bond donors (Lipinski definition) is 0. The molecular weight excluding hydrogens is 352 g/mol. The first-order valence-electron chi connectivity index (χ1n) is 10.3. The second-order valence-corrected chi connectivity index (χ2v) is 10.9. The van der Waals surface area contributed by atoms with Gasteiger partial charge in [0.25, 0.3) is 0 Å². The number of hydrogen-bond acceptors (Lipinski definition) is 0. The fourth-order valence-corrected chi connectivity index (χ4v) is 7.92. The van der Waals surface area contributed by atoms with Gasteiger partial charge in [0.2, 0.25) is 0 Å². The molecule has 1 aliphatic rings. The van der Waals surface area contributed by atoms with Crippen LogP contribution in [0.15, 0.2) is 102 Å². The number of aryl methyl sites for hydroxylation is 1. The van der Waals surface area contributed by atoms with Crippen molar-refractivity contribution in [3.05, 3.63) is 113 Å². The molecule has 140 valence electrons. The third-order valence-corrected chi connectivity index (χ3v) is 8.99. The van der Waals surface area contributed by atoms with Crippen molar-refractivity contribution >= 4 is 24.7 Å². The monoisotopic (exact) mass is 380 g/mol. The minimum atomic E-state index is -1.49. The lowest BCUT2D eigenvalue weighted by Gasteiger charge is -2.24. The molecule has 0 N–H and O–H groups in total. The average Bonchev–Trinajstić information content (AvgIpc) is 3.15. The first-order valence-corrected chi connectivity index (χ1v) is 12.0. The van der Waals surface area contributed by atoms with Gasteiger partial charge >= 0.3 is 0 Å². The maximum atomic E-state index is 2.53. The Balaban J connectivity index is 1.85. The molecule has 0 nitrogen and oxygen atoms in total. The molecule has 28 heavy (non-hydrogen) atoms. The van der Waals surface area contributed by atoms with E-state index in [1.54, 1.807) is 10.8 Å². The number of benzene rings is 3. The largest absolute Gasteiger partial charge is 0.132 e. The third kappa shape index (κ3) is 3.68. The lowest BCUT2D eigenvalue weighted by Crippen LogP contribution is -2.44. The van der Waals surface area contributed by atoms with Crippen LogP contribution in [0.5, 0.6) is 0 Å². The fourth-order valence-electron chi connectivity index (χ4n) is 4.43. The summed E-state index contributed by atoms with van der Waals surface area (Å²) in [5.41, 5.74) is 5.81. The van der Waals surface area contributed by atoms with Gasteiger partial charge in [-0.05, 0) is 36.0 Å². The zero-order valence-electron chi connectivity index (χ0n) is 17.0. The van der Waals surface area contributed by atoms with Gasteiger partial charge in [-0.3, -0.25) is 0 Å². The molecule has 3 aromatic rings. The predicted octanol–water partition coefficient (Wildman–Crippen LogP) is 5.32. The van der Waals surface area contributed by atoms with Gasteiger partial charge in [0.05, 0.1) is 0 Å². The van der Waals surface area contributed by atoms with E-state index in [0.717, 1.165) is 6.42 Å². The van der Waals surface area contributed by atoms with Crippen molar-refractivity contribution in [2.75, 3.05) is 0 Å². The molecule has 0 fully saturated rings. The molecule has 0 aliphatic heterocycles. The van der Waals surface area contributed by atoms with Crippen LogP contribution in [0, 0.1) is 12.8 Å². The van der Waals surface area contributed by atoms with Crippen molar-refractivity contribution in [1.29, 1.82) is 0 Å². The molecule has 0 radical (unpaired) electrons. The predicted molar refractivity (Wildman–Crippen MR) is 125 cm³/mol. The Morgan fingerprint density at radius 2 is 1.25 bits per heavy atom. The van der Waals surface area contributed by atoms with Gasteiger partial charge in [0.1, 0.15) is 8.80 Å². The average molecular weight is 381 g/mol. The van der Waals surface area contributed by atoms with Crippen LogP contribution >= 0.6 is 0 Å². The second kappa shape index (κ2) is 8.16. The van der Waals surface area contributed by atoms with Crippen molar-refractivity contribution in [3.8, 4) is 0 Å². The molecule has 1 heteroatoms. The molecule has 0 unspecified atom stereocenters. The Labute approximate surface area is 170 Å². The Hall–Kier alpha value is -2.64. The van der Waals surface area contributed by atoms with Crippen molar-refractivity contribution in [3.63, 3.8) is 0 Å². The molecule has 0 saturated carbocycles. The van der Waals surface area contributed by atoms with Crippen molar-refractivity contribution in [2.24, 2.45) is 5.92 Å². The summed E-state index contributed by atoms with van der Waals surface area (Å²) in [5, 5.41) is 4.62. The molecule has 0 heterocycles. The first-order chi connectivity index (χ1) is 13.6. The van der Waals surface area contributed by atoms with Crippen LogP contribution in [0.1, 0.15) is 31.4 Å². The highest BCUT2D eigenvalue weighted by molar-refractivity contribution is 6.91.